The summed E-state index contributed by atoms with van der Waals surface area (Å²) < 4.78 is 0. The van der Waals surface area contributed by atoms with Crippen molar-refractivity contribution >= 4 is 0 Å². The molecule has 0 saturated carbocycles. The summed E-state index contributed by atoms with van der Waals surface area (Å²) in [7, 11) is 2.19. The van der Waals surface area contributed by atoms with Crippen molar-refractivity contribution in [2.24, 2.45) is 5.73 Å². The molecule has 1 aliphatic heterocycles. The zero-order valence-electron chi connectivity index (χ0n) is 11.4. The summed E-state index contributed by atoms with van der Waals surface area (Å²) >= 11 is 0. The summed E-state index contributed by atoms with van der Waals surface area (Å²) in [5.74, 6) is 0. The van der Waals surface area contributed by atoms with E-state index in [-0.39, 0.29) is 0 Å². The van der Waals surface area contributed by atoms with E-state index < -0.39 is 0 Å². The minimum atomic E-state index is 0.547. The molecule has 0 spiro atoms. The molecule has 2 atom stereocenters. The first-order chi connectivity index (χ1) is 8.70. The number of piperazine rings is 1. The van der Waals surface area contributed by atoms with Gasteiger partial charge in [-0.05, 0) is 39.1 Å². The number of hydrogen-bond acceptors (Lipinski definition) is 4. The van der Waals surface area contributed by atoms with E-state index in [4.69, 9.17) is 5.73 Å². The molecule has 0 aromatic carbocycles. The molecule has 0 aliphatic carbocycles. The van der Waals surface area contributed by atoms with Crippen LogP contribution in [0.3, 0.4) is 0 Å². The summed E-state index contributed by atoms with van der Waals surface area (Å²) in [6.45, 7) is 6.20. The first-order valence-electron chi connectivity index (χ1n) is 6.75. The summed E-state index contributed by atoms with van der Waals surface area (Å²) in [5, 5.41) is 0. The fourth-order valence-corrected chi connectivity index (χ4v) is 2.87. The zero-order valence-corrected chi connectivity index (χ0v) is 11.4. The predicted octanol–water partition coefficient (Wildman–Crippen LogP) is 0.935. The van der Waals surface area contributed by atoms with Crippen molar-refractivity contribution in [2.45, 2.75) is 32.0 Å². The molecule has 1 saturated heterocycles. The van der Waals surface area contributed by atoms with Crippen LogP contribution in [0.5, 0.6) is 0 Å². The van der Waals surface area contributed by atoms with Crippen molar-refractivity contribution in [3.05, 3.63) is 30.1 Å². The Morgan fingerprint density at radius 2 is 2.22 bits per heavy atom. The maximum atomic E-state index is 5.75. The number of nitrogens with two attached hydrogens (primary N) is 1. The molecule has 2 heterocycles. The van der Waals surface area contributed by atoms with E-state index in [0.717, 1.165) is 38.3 Å². The van der Waals surface area contributed by atoms with Crippen LogP contribution in [0.1, 0.15) is 19.0 Å². The van der Waals surface area contributed by atoms with Crippen molar-refractivity contribution < 1.29 is 0 Å². The average Bonchev–Trinajstić information content (AvgIpc) is 2.35. The van der Waals surface area contributed by atoms with Gasteiger partial charge in [0.25, 0.3) is 0 Å². The average molecular weight is 248 g/mol. The number of aromatic nitrogens is 1. The third-order valence-corrected chi connectivity index (χ3v) is 3.70. The molecular formula is C14H24N4. The van der Waals surface area contributed by atoms with Gasteiger partial charge in [-0.1, -0.05) is 6.07 Å². The largest absolute Gasteiger partial charge is 0.330 e. The lowest BCUT2D eigenvalue weighted by molar-refractivity contribution is 0.0331. The van der Waals surface area contributed by atoms with Gasteiger partial charge in [0, 0.05) is 37.9 Å². The van der Waals surface area contributed by atoms with Crippen LogP contribution in [-0.2, 0) is 6.54 Å². The lowest BCUT2D eigenvalue weighted by atomic mass is 10.0. The van der Waals surface area contributed by atoms with E-state index in [2.05, 4.69) is 40.9 Å². The highest BCUT2D eigenvalue weighted by atomic mass is 15.3. The molecule has 2 unspecified atom stereocenters. The highest BCUT2D eigenvalue weighted by Gasteiger charge is 2.30. The van der Waals surface area contributed by atoms with Crippen LogP contribution in [-0.4, -0.2) is 53.5 Å². The number of pyridine rings is 1. The van der Waals surface area contributed by atoms with Gasteiger partial charge in [-0.25, -0.2) is 0 Å². The van der Waals surface area contributed by atoms with Crippen LogP contribution in [0, 0.1) is 0 Å². The fourth-order valence-electron chi connectivity index (χ4n) is 2.87. The topological polar surface area (TPSA) is 45.4 Å². The van der Waals surface area contributed by atoms with Crippen molar-refractivity contribution in [3.63, 3.8) is 0 Å². The summed E-state index contributed by atoms with van der Waals surface area (Å²) in [6.07, 6.45) is 2.93. The number of nitrogens with zero attached hydrogens (tertiary/aromatic N) is 3. The smallest absolute Gasteiger partial charge is 0.0544 e. The van der Waals surface area contributed by atoms with Crippen LogP contribution in [0.25, 0.3) is 0 Å². The van der Waals surface area contributed by atoms with E-state index in [0.29, 0.717) is 12.1 Å². The Hall–Kier alpha value is -0.970. The molecule has 1 aromatic rings. The molecular weight excluding hydrogens is 224 g/mol. The molecule has 0 amide bonds. The second-order valence-corrected chi connectivity index (χ2v) is 5.29. The van der Waals surface area contributed by atoms with Gasteiger partial charge >= 0.3 is 0 Å². The second-order valence-electron chi connectivity index (χ2n) is 5.29. The third kappa shape index (κ3) is 3.28. The predicted molar refractivity (Wildman–Crippen MR) is 74.2 cm³/mol. The van der Waals surface area contributed by atoms with E-state index in [1.54, 1.807) is 0 Å². The molecule has 4 nitrogen and oxygen atoms in total. The summed E-state index contributed by atoms with van der Waals surface area (Å²) in [6, 6.07) is 7.23. The summed E-state index contributed by atoms with van der Waals surface area (Å²) in [5.41, 5.74) is 6.89. The van der Waals surface area contributed by atoms with Gasteiger partial charge in [0.1, 0.15) is 0 Å². The van der Waals surface area contributed by atoms with Gasteiger partial charge in [0.15, 0.2) is 0 Å². The van der Waals surface area contributed by atoms with Gasteiger partial charge in [-0.3, -0.25) is 9.88 Å². The van der Waals surface area contributed by atoms with E-state index >= 15 is 0 Å². The van der Waals surface area contributed by atoms with E-state index in [1.165, 1.54) is 0 Å². The van der Waals surface area contributed by atoms with Crippen molar-refractivity contribution in [1.29, 1.82) is 0 Å². The molecule has 1 fully saturated rings. The van der Waals surface area contributed by atoms with Crippen LogP contribution in [0.15, 0.2) is 24.4 Å². The monoisotopic (exact) mass is 248 g/mol. The Bertz CT molecular complexity index is 354. The highest BCUT2D eigenvalue weighted by molar-refractivity contribution is 5.04. The minimum absolute atomic E-state index is 0.547. The number of likely N-dealkylation sites (N-methyl/N-ethyl adjacent to an activating group) is 1. The first kappa shape index (κ1) is 13.5. The Labute approximate surface area is 110 Å². The lowest BCUT2D eigenvalue weighted by Crippen LogP contribution is -2.56. The highest BCUT2D eigenvalue weighted by Crippen LogP contribution is 2.19. The zero-order chi connectivity index (χ0) is 13.0. The van der Waals surface area contributed by atoms with Gasteiger partial charge < -0.3 is 10.6 Å². The van der Waals surface area contributed by atoms with Gasteiger partial charge in [0.2, 0.25) is 0 Å². The molecule has 100 valence electrons. The second kappa shape index (κ2) is 6.27. The summed E-state index contributed by atoms with van der Waals surface area (Å²) in [4.78, 5) is 9.39. The first-order valence-corrected chi connectivity index (χ1v) is 6.75. The Balaban J connectivity index is 2.07. The Morgan fingerprint density at radius 1 is 1.39 bits per heavy atom. The van der Waals surface area contributed by atoms with Crippen LogP contribution >= 0.6 is 0 Å². The molecule has 1 aliphatic rings. The normalized spacial score (nSPS) is 26.4. The molecule has 1 aromatic heterocycles. The van der Waals surface area contributed by atoms with Crippen LogP contribution in [0.2, 0.25) is 0 Å². The third-order valence-electron chi connectivity index (χ3n) is 3.70. The molecule has 18 heavy (non-hydrogen) atoms. The van der Waals surface area contributed by atoms with Crippen molar-refractivity contribution in [2.75, 3.05) is 26.7 Å². The maximum Gasteiger partial charge on any atom is 0.0544 e. The fraction of sp³-hybridized carbons (Fsp3) is 0.643. The Kier molecular flexibility index (Phi) is 4.69. The molecule has 2 N–H and O–H groups in total. The van der Waals surface area contributed by atoms with Gasteiger partial charge in [0.05, 0.1) is 5.69 Å². The van der Waals surface area contributed by atoms with Gasteiger partial charge in [-0.15, -0.1) is 0 Å². The standard InChI is InChI=1S/C14H24N4/c1-12-9-17(2)11-14(6-7-15)18(12)10-13-5-3-4-8-16-13/h3-5,8,12,14H,6-7,9-11,15H2,1-2H3. The van der Waals surface area contributed by atoms with Crippen molar-refractivity contribution in [3.8, 4) is 0 Å². The molecule has 0 bridgehead atoms. The Morgan fingerprint density at radius 3 is 2.89 bits per heavy atom. The van der Waals surface area contributed by atoms with Crippen molar-refractivity contribution in [1.82, 2.24) is 14.8 Å². The van der Waals surface area contributed by atoms with Gasteiger partial charge in [-0.2, -0.15) is 0 Å². The lowest BCUT2D eigenvalue weighted by Gasteiger charge is -2.44. The number of hydrogen-bond donors (Lipinski definition) is 1. The molecule has 0 radical (unpaired) electrons. The minimum Gasteiger partial charge on any atom is -0.330 e. The quantitative estimate of drug-likeness (QED) is 0.861. The molecule has 2 rings (SSSR count). The van der Waals surface area contributed by atoms with Crippen LogP contribution < -0.4 is 5.73 Å². The SMILES string of the molecule is CC1CN(C)CC(CCN)N1Cc1ccccn1. The van der Waals surface area contributed by atoms with Crippen LogP contribution in [0.4, 0.5) is 0 Å². The van der Waals surface area contributed by atoms with E-state index in [9.17, 15) is 0 Å². The van der Waals surface area contributed by atoms with E-state index in [1.807, 2.05) is 12.3 Å². The number of rotatable bonds is 4. The molecule has 4 heteroatoms. The maximum absolute atomic E-state index is 5.75.